The van der Waals surface area contributed by atoms with Gasteiger partial charge in [0.2, 0.25) is 0 Å². The summed E-state index contributed by atoms with van der Waals surface area (Å²) in [5.74, 6) is -0.317. The summed E-state index contributed by atoms with van der Waals surface area (Å²) in [6, 6.07) is 11.0. The van der Waals surface area contributed by atoms with E-state index in [9.17, 15) is 9.59 Å². The van der Waals surface area contributed by atoms with E-state index in [2.05, 4.69) is 24.5 Å². The van der Waals surface area contributed by atoms with E-state index in [0.29, 0.717) is 15.7 Å². The summed E-state index contributed by atoms with van der Waals surface area (Å²) in [5.41, 5.74) is 3.69. The largest absolute Gasteiger partial charge is 0.322 e. The first kappa shape index (κ1) is 22.2. The number of para-hydroxylation sites is 1. The third-order valence-electron chi connectivity index (χ3n) is 4.39. The van der Waals surface area contributed by atoms with Gasteiger partial charge in [-0.05, 0) is 42.2 Å². The molecule has 0 fully saturated rings. The molecule has 1 atom stereocenters. The fourth-order valence-corrected chi connectivity index (χ4v) is 3.27. The number of aryl methyl sites for hydroxylation is 2. The van der Waals surface area contributed by atoms with Crippen LogP contribution in [-0.4, -0.2) is 32.0 Å². The van der Waals surface area contributed by atoms with E-state index in [1.807, 2.05) is 18.2 Å². The summed E-state index contributed by atoms with van der Waals surface area (Å²) >= 11 is 11.8. The van der Waals surface area contributed by atoms with Crippen molar-refractivity contribution >= 4 is 46.4 Å². The number of halogens is 2. The van der Waals surface area contributed by atoms with Gasteiger partial charge in [-0.2, -0.15) is 0 Å². The number of nitrogens with one attached hydrogen (secondary N) is 3. The SMILES string of the molecule is CCc1cccc(CC)c1NC(=O)C[NH+](C)CC(=O)Nc1ccc(Cl)c(Cl)c1. The van der Waals surface area contributed by atoms with Gasteiger partial charge in [-0.1, -0.05) is 55.2 Å². The van der Waals surface area contributed by atoms with Crippen LogP contribution in [0.25, 0.3) is 0 Å². The van der Waals surface area contributed by atoms with Gasteiger partial charge in [0.05, 0.1) is 17.1 Å². The molecule has 0 saturated heterocycles. The minimum absolute atomic E-state index is 0.115. The van der Waals surface area contributed by atoms with Crippen molar-refractivity contribution in [2.75, 3.05) is 30.8 Å². The molecule has 5 nitrogen and oxygen atoms in total. The molecular formula is C21H26Cl2N3O2+. The van der Waals surface area contributed by atoms with E-state index < -0.39 is 0 Å². The zero-order chi connectivity index (χ0) is 20.7. The number of rotatable bonds is 8. The van der Waals surface area contributed by atoms with Crippen LogP contribution in [0.3, 0.4) is 0 Å². The van der Waals surface area contributed by atoms with Crippen LogP contribution in [0.2, 0.25) is 10.0 Å². The van der Waals surface area contributed by atoms with Gasteiger partial charge in [0.25, 0.3) is 11.8 Å². The lowest BCUT2D eigenvalue weighted by atomic mass is 10.0. The standard InChI is InChI=1S/C21H25Cl2N3O2/c1-4-14-7-6-8-15(5-2)21(14)25-20(28)13-26(3)12-19(27)24-16-9-10-17(22)18(23)11-16/h6-11H,4-5,12-13H2,1-3H3,(H,24,27)(H,25,28)/p+1. The predicted octanol–water partition coefficient (Wildman–Crippen LogP) is 3.21. The minimum Gasteiger partial charge on any atom is -0.322 e. The van der Waals surface area contributed by atoms with Gasteiger partial charge in [-0.25, -0.2) is 0 Å². The first-order chi connectivity index (χ1) is 13.3. The molecule has 2 aromatic rings. The summed E-state index contributed by atoms with van der Waals surface area (Å²) in [6.07, 6.45) is 1.69. The second kappa shape index (κ2) is 10.5. The smallest absolute Gasteiger partial charge is 0.279 e. The topological polar surface area (TPSA) is 62.6 Å². The number of carbonyl (C=O) groups is 2. The van der Waals surface area contributed by atoms with E-state index in [1.54, 1.807) is 25.2 Å². The molecule has 0 aliphatic carbocycles. The third kappa shape index (κ3) is 6.23. The molecule has 0 radical (unpaired) electrons. The molecule has 1 unspecified atom stereocenters. The first-order valence-electron chi connectivity index (χ1n) is 9.30. The van der Waals surface area contributed by atoms with Gasteiger partial charge in [0.1, 0.15) is 0 Å². The summed E-state index contributed by atoms with van der Waals surface area (Å²) in [5, 5.41) is 6.60. The predicted molar refractivity (Wildman–Crippen MR) is 116 cm³/mol. The van der Waals surface area contributed by atoms with Crippen LogP contribution < -0.4 is 15.5 Å². The van der Waals surface area contributed by atoms with Crippen molar-refractivity contribution in [3.05, 3.63) is 57.6 Å². The Bertz CT molecular complexity index is 833. The molecule has 0 spiro atoms. The highest BCUT2D eigenvalue weighted by molar-refractivity contribution is 6.42. The molecule has 0 aromatic heterocycles. The van der Waals surface area contributed by atoms with Crippen molar-refractivity contribution in [3.63, 3.8) is 0 Å². The van der Waals surface area contributed by atoms with Gasteiger partial charge < -0.3 is 15.5 Å². The van der Waals surface area contributed by atoms with Gasteiger partial charge >= 0.3 is 0 Å². The second-order valence-corrected chi connectivity index (χ2v) is 7.51. The summed E-state index contributed by atoms with van der Waals surface area (Å²) < 4.78 is 0. The highest BCUT2D eigenvalue weighted by atomic mass is 35.5. The maximum atomic E-state index is 12.5. The number of hydrogen-bond acceptors (Lipinski definition) is 2. The Morgan fingerprint density at radius 2 is 1.46 bits per heavy atom. The maximum absolute atomic E-state index is 12.5. The van der Waals surface area contributed by atoms with Crippen molar-refractivity contribution in [3.8, 4) is 0 Å². The Labute approximate surface area is 176 Å². The molecule has 0 aliphatic rings. The Hall–Kier alpha value is -2.08. The second-order valence-electron chi connectivity index (χ2n) is 6.69. The first-order valence-corrected chi connectivity index (χ1v) is 10.1. The van der Waals surface area contributed by atoms with Crippen molar-refractivity contribution in [2.45, 2.75) is 26.7 Å². The Balaban J connectivity index is 1.92. The molecule has 2 amide bonds. The van der Waals surface area contributed by atoms with E-state index in [4.69, 9.17) is 23.2 Å². The van der Waals surface area contributed by atoms with Crippen LogP contribution in [-0.2, 0) is 22.4 Å². The third-order valence-corrected chi connectivity index (χ3v) is 5.13. The van der Waals surface area contributed by atoms with Gasteiger partial charge in [-0.15, -0.1) is 0 Å². The van der Waals surface area contributed by atoms with Crippen LogP contribution in [0.4, 0.5) is 11.4 Å². The van der Waals surface area contributed by atoms with E-state index in [-0.39, 0.29) is 24.9 Å². The van der Waals surface area contributed by atoms with Gasteiger partial charge in [-0.3, -0.25) is 9.59 Å². The summed E-state index contributed by atoms with van der Waals surface area (Å²) in [4.78, 5) is 25.5. The number of carbonyl (C=O) groups excluding carboxylic acids is 2. The molecule has 3 N–H and O–H groups in total. The number of amides is 2. The monoisotopic (exact) mass is 422 g/mol. The zero-order valence-electron chi connectivity index (χ0n) is 16.4. The fourth-order valence-electron chi connectivity index (χ4n) is 2.98. The quantitative estimate of drug-likeness (QED) is 0.611. The fraction of sp³-hybridized carbons (Fsp3) is 0.333. The normalized spacial score (nSPS) is 11.8. The van der Waals surface area contributed by atoms with Crippen molar-refractivity contribution in [2.24, 2.45) is 0 Å². The highest BCUT2D eigenvalue weighted by Gasteiger charge is 2.17. The molecule has 28 heavy (non-hydrogen) atoms. The van der Waals surface area contributed by atoms with Crippen LogP contribution >= 0.6 is 23.2 Å². The van der Waals surface area contributed by atoms with E-state index in [1.165, 1.54) is 0 Å². The lowest BCUT2D eigenvalue weighted by Crippen LogP contribution is -3.11. The summed E-state index contributed by atoms with van der Waals surface area (Å²) in [6.45, 7) is 4.48. The molecule has 0 saturated carbocycles. The van der Waals surface area contributed by atoms with Crippen LogP contribution in [0, 0.1) is 0 Å². The van der Waals surface area contributed by atoms with Crippen LogP contribution in [0.5, 0.6) is 0 Å². The average molecular weight is 423 g/mol. The minimum atomic E-state index is -0.202. The number of likely N-dealkylation sites (N-methyl/N-ethyl adjacent to an activating group) is 1. The van der Waals surface area contributed by atoms with Crippen molar-refractivity contribution in [1.29, 1.82) is 0 Å². The number of hydrogen-bond donors (Lipinski definition) is 3. The molecule has 150 valence electrons. The van der Waals surface area contributed by atoms with Crippen molar-refractivity contribution in [1.82, 2.24) is 0 Å². The molecule has 2 rings (SSSR count). The van der Waals surface area contributed by atoms with Gasteiger partial charge in [0.15, 0.2) is 13.1 Å². The Kier molecular flexibility index (Phi) is 8.30. The molecule has 0 heterocycles. The number of anilines is 2. The number of benzene rings is 2. The maximum Gasteiger partial charge on any atom is 0.279 e. The highest BCUT2D eigenvalue weighted by Crippen LogP contribution is 2.25. The van der Waals surface area contributed by atoms with Gasteiger partial charge in [0, 0.05) is 11.4 Å². The van der Waals surface area contributed by atoms with Crippen molar-refractivity contribution < 1.29 is 14.5 Å². The Morgan fingerprint density at radius 1 is 0.893 bits per heavy atom. The van der Waals surface area contributed by atoms with E-state index >= 15 is 0 Å². The van der Waals surface area contributed by atoms with E-state index in [0.717, 1.165) is 34.6 Å². The lowest BCUT2D eigenvalue weighted by Gasteiger charge is -2.17. The van der Waals surface area contributed by atoms with Crippen LogP contribution in [0.15, 0.2) is 36.4 Å². The van der Waals surface area contributed by atoms with Crippen LogP contribution in [0.1, 0.15) is 25.0 Å². The molecule has 7 heteroatoms. The lowest BCUT2D eigenvalue weighted by molar-refractivity contribution is -0.862. The summed E-state index contributed by atoms with van der Waals surface area (Å²) in [7, 11) is 1.81. The molecule has 0 bridgehead atoms. The Morgan fingerprint density at radius 3 is 2.00 bits per heavy atom. The zero-order valence-corrected chi connectivity index (χ0v) is 17.9. The molecule has 2 aromatic carbocycles. The molecular weight excluding hydrogens is 397 g/mol. The number of quaternary nitrogens is 1. The molecule has 0 aliphatic heterocycles. The average Bonchev–Trinajstić information content (AvgIpc) is 2.64.